The zero-order valence-corrected chi connectivity index (χ0v) is 19.9. The van der Waals surface area contributed by atoms with Crippen LogP contribution in [0.5, 0.6) is 5.75 Å². The molecule has 2 rings (SSSR count). The lowest BCUT2D eigenvalue weighted by molar-refractivity contribution is -0.117. The van der Waals surface area contributed by atoms with Crippen molar-refractivity contribution in [3.05, 3.63) is 23.2 Å². The normalized spacial score (nSPS) is 12.7. The SMILES string of the molecule is CC[C@H](C(=O)Nc1nnc(SC(C)C)s1)N(c1ccc(OC)c(Cl)c1)S(C)(=O)=O. The molecule has 0 aliphatic carbocycles. The van der Waals surface area contributed by atoms with Gasteiger partial charge in [0.05, 0.1) is 24.1 Å². The third kappa shape index (κ3) is 6.21. The highest BCUT2D eigenvalue weighted by Gasteiger charge is 2.32. The number of sulfonamides is 1. The van der Waals surface area contributed by atoms with Gasteiger partial charge in [-0.25, -0.2) is 8.42 Å². The maximum atomic E-state index is 12.9. The number of amides is 1. The minimum Gasteiger partial charge on any atom is -0.495 e. The number of rotatable bonds is 9. The first kappa shape index (κ1) is 23.7. The van der Waals surface area contributed by atoms with Gasteiger partial charge in [0.2, 0.25) is 21.1 Å². The number of thioether (sulfide) groups is 1. The molecule has 8 nitrogen and oxygen atoms in total. The highest BCUT2D eigenvalue weighted by molar-refractivity contribution is 8.01. The number of ether oxygens (including phenoxy) is 1. The first-order valence-electron chi connectivity index (χ1n) is 8.70. The van der Waals surface area contributed by atoms with Crippen LogP contribution < -0.4 is 14.4 Å². The monoisotopic (exact) mass is 478 g/mol. The first-order chi connectivity index (χ1) is 13.6. The minimum absolute atomic E-state index is 0.244. The molecule has 0 saturated carbocycles. The molecular formula is C17H23ClN4O4S3. The number of hydrogen-bond acceptors (Lipinski definition) is 8. The molecule has 0 aliphatic heterocycles. The molecule has 0 saturated heterocycles. The van der Waals surface area contributed by atoms with Gasteiger partial charge in [-0.05, 0) is 24.6 Å². The topological polar surface area (TPSA) is 101 Å². The number of methoxy groups -OCH3 is 1. The Bertz CT molecular complexity index is 965. The molecule has 160 valence electrons. The quantitative estimate of drug-likeness (QED) is 0.431. The molecule has 0 radical (unpaired) electrons. The predicted molar refractivity (Wildman–Crippen MR) is 119 cm³/mol. The molecule has 0 bridgehead atoms. The van der Waals surface area contributed by atoms with Gasteiger partial charge in [0, 0.05) is 5.25 Å². The molecule has 1 amide bonds. The molecule has 0 unspecified atom stereocenters. The van der Waals surface area contributed by atoms with Gasteiger partial charge in [-0.1, -0.05) is 55.5 Å². The Morgan fingerprint density at radius 2 is 2.07 bits per heavy atom. The fourth-order valence-electron chi connectivity index (χ4n) is 2.55. The summed E-state index contributed by atoms with van der Waals surface area (Å²) >= 11 is 8.94. The molecule has 1 heterocycles. The van der Waals surface area contributed by atoms with Crippen LogP contribution in [0.2, 0.25) is 5.02 Å². The summed E-state index contributed by atoms with van der Waals surface area (Å²) in [6.45, 7) is 5.79. The van der Waals surface area contributed by atoms with Crippen LogP contribution in [0.1, 0.15) is 27.2 Å². The number of carbonyl (C=O) groups is 1. The summed E-state index contributed by atoms with van der Waals surface area (Å²) < 4.78 is 31.9. The van der Waals surface area contributed by atoms with Gasteiger partial charge in [-0.15, -0.1) is 10.2 Å². The van der Waals surface area contributed by atoms with Crippen LogP contribution >= 0.6 is 34.7 Å². The highest BCUT2D eigenvalue weighted by Crippen LogP contribution is 2.33. The van der Waals surface area contributed by atoms with Crippen molar-refractivity contribution in [1.29, 1.82) is 0 Å². The number of nitrogens with one attached hydrogen (secondary N) is 1. The summed E-state index contributed by atoms with van der Waals surface area (Å²) in [5.74, 6) is -0.0903. The van der Waals surface area contributed by atoms with Crippen molar-refractivity contribution in [2.24, 2.45) is 0 Å². The largest absolute Gasteiger partial charge is 0.495 e. The van der Waals surface area contributed by atoms with Crippen molar-refractivity contribution in [3.63, 3.8) is 0 Å². The van der Waals surface area contributed by atoms with Gasteiger partial charge >= 0.3 is 0 Å². The number of hydrogen-bond donors (Lipinski definition) is 1. The molecule has 1 aromatic carbocycles. The van der Waals surface area contributed by atoms with Gasteiger partial charge < -0.3 is 4.74 Å². The van der Waals surface area contributed by atoms with Gasteiger partial charge in [-0.3, -0.25) is 14.4 Å². The Morgan fingerprint density at radius 1 is 1.38 bits per heavy atom. The van der Waals surface area contributed by atoms with E-state index in [-0.39, 0.29) is 17.1 Å². The lowest BCUT2D eigenvalue weighted by Gasteiger charge is -2.30. The molecule has 0 spiro atoms. The highest BCUT2D eigenvalue weighted by atomic mass is 35.5. The summed E-state index contributed by atoms with van der Waals surface area (Å²) in [5, 5.41) is 11.6. The standard InChI is InChI=1S/C17H23ClN4O4S3/c1-6-13(15(23)19-16-20-21-17(28-16)27-10(2)3)22(29(5,24)25)11-7-8-14(26-4)12(18)9-11/h7-10,13H,6H2,1-5H3,(H,19,20,23)/t13-/m1/s1. The predicted octanol–water partition coefficient (Wildman–Crippen LogP) is 3.88. The molecule has 1 atom stereocenters. The number of halogens is 1. The average molecular weight is 479 g/mol. The van der Waals surface area contributed by atoms with Crippen molar-refractivity contribution in [3.8, 4) is 5.75 Å². The van der Waals surface area contributed by atoms with Crippen molar-refractivity contribution in [2.45, 2.75) is 42.8 Å². The van der Waals surface area contributed by atoms with E-state index in [0.717, 1.165) is 14.9 Å². The second-order valence-electron chi connectivity index (χ2n) is 6.33. The third-order valence-corrected chi connectivity index (χ3v) is 7.09. The number of nitrogens with zero attached hydrogens (tertiary/aromatic N) is 3. The molecule has 1 aromatic heterocycles. The zero-order valence-electron chi connectivity index (χ0n) is 16.7. The Kier molecular flexibility index (Phi) is 8.15. The second kappa shape index (κ2) is 9.96. The fraction of sp³-hybridized carbons (Fsp3) is 0.471. The van der Waals surface area contributed by atoms with Crippen molar-refractivity contribution < 1.29 is 17.9 Å². The Morgan fingerprint density at radius 3 is 2.59 bits per heavy atom. The number of benzene rings is 1. The van der Waals surface area contributed by atoms with Crippen molar-refractivity contribution in [1.82, 2.24) is 10.2 Å². The zero-order chi connectivity index (χ0) is 21.8. The maximum Gasteiger partial charge on any atom is 0.250 e. The first-order valence-corrected chi connectivity index (χ1v) is 12.6. The van der Waals surface area contributed by atoms with Gasteiger partial charge in [0.15, 0.2) is 4.34 Å². The summed E-state index contributed by atoms with van der Waals surface area (Å²) in [5.41, 5.74) is 0.272. The molecule has 2 aromatic rings. The molecule has 0 fully saturated rings. The third-order valence-electron chi connectivity index (χ3n) is 3.69. The Balaban J connectivity index is 2.32. The van der Waals surface area contributed by atoms with Crippen molar-refractivity contribution >= 4 is 61.4 Å². The summed E-state index contributed by atoms with van der Waals surface area (Å²) in [6, 6.07) is 3.57. The van der Waals surface area contributed by atoms with E-state index in [0.29, 0.717) is 16.1 Å². The number of anilines is 2. The minimum atomic E-state index is -3.78. The van der Waals surface area contributed by atoms with E-state index in [1.165, 1.54) is 36.3 Å². The van der Waals surface area contributed by atoms with Gasteiger partial charge in [0.1, 0.15) is 11.8 Å². The number of carbonyl (C=O) groups excluding carboxylic acids is 1. The van der Waals surface area contributed by atoms with E-state index in [9.17, 15) is 13.2 Å². The van der Waals surface area contributed by atoms with Crippen LogP contribution in [0.25, 0.3) is 0 Å². The van der Waals surface area contributed by atoms with Crippen LogP contribution in [-0.4, -0.2) is 49.2 Å². The van der Waals surface area contributed by atoms with E-state index in [2.05, 4.69) is 15.5 Å². The van der Waals surface area contributed by atoms with Crippen molar-refractivity contribution in [2.75, 3.05) is 23.0 Å². The average Bonchev–Trinajstić information content (AvgIpc) is 3.04. The molecule has 0 aliphatic rings. The van der Waals surface area contributed by atoms with Crippen LogP contribution in [0.3, 0.4) is 0 Å². The lowest BCUT2D eigenvalue weighted by atomic mass is 10.2. The lowest BCUT2D eigenvalue weighted by Crippen LogP contribution is -2.47. The molecule has 12 heteroatoms. The van der Waals surface area contributed by atoms with E-state index < -0.39 is 22.0 Å². The van der Waals surface area contributed by atoms with Crippen LogP contribution in [0, 0.1) is 0 Å². The van der Waals surface area contributed by atoms with E-state index in [1.807, 2.05) is 13.8 Å². The molecule has 29 heavy (non-hydrogen) atoms. The maximum absolute atomic E-state index is 12.9. The van der Waals surface area contributed by atoms with Crippen LogP contribution in [0.4, 0.5) is 10.8 Å². The Hall–Kier alpha value is -1.56. The van der Waals surface area contributed by atoms with E-state index in [1.54, 1.807) is 19.1 Å². The Labute approximate surface area is 184 Å². The molecular weight excluding hydrogens is 456 g/mol. The van der Waals surface area contributed by atoms with Gasteiger partial charge in [0.25, 0.3) is 0 Å². The summed E-state index contributed by atoms with van der Waals surface area (Å²) in [4.78, 5) is 12.9. The number of aromatic nitrogens is 2. The fourth-order valence-corrected chi connectivity index (χ4v) is 5.98. The molecule has 1 N–H and O–H groups in total. The van der Waals surface area contributed by atoms with E-state index >= 15 is 0 Å². The summed E-state index contributed by atoms with van der Waals surface area (Å²) in [7, 11) is -2.31. The smallest absolute Gasteiger partial charge is 0.250 e. The second-order valence-corrected chi connectivity index (χ2v) is 11.4. The summed E-state index contributed by atoms with van der Waals surface area (Å²) in [6.07, 6.45) is 1.29. The van der Waals surface area contributed by atoms with E-state index in [4.69, 9.17) is 16.3 Å². The van der Waals surface area contributed by atoms with Crippen LogP contribution in [0.15, 0.2) is 22.5 Å². The van der Waals surface area contributed by atoms with Gasteiger partial charge in [-0.2, -0.15) is 0 Å². The van der Waals surface area contributed by atoms with Crippen LogP contribution in [-0.2, 0) is 14.8 Å².